The Hall–Kier alpha value is -0.730. The predicted molar refractivity (Wildman–Crippen MR) is 88.9 cm³/mol. The summed E-state index contributed by atoms with van der Waals surface area (Å²) >= 11 is 12.1. The van der Waals surface area contributed by atoms with Crippen LogP contribution in [-0.4, -0.2) is 23.9 Å². The van der Waals surface area contributed by atoms with Crippen LogP contribution >= 0.6 is 23.2 Å². The van der Waals surface area contributed by atoms with Crippen molar-refractivity contribution < 1.29 is 4.79 Å². The summed E-state index contributed by atoms with van der Waals surface area (Å²) in [6.07, 6.45) is 4.11. The average Bonchev–Trinajstić information content (AvgIpc) is 2.66. The van der Waals surface area contributed by atoms with Gasteiger partial charge in [-0.3, -0.25) is 4.79 Å². The molecule has 1 amide bonds. The summed E-state index contributed by atoms with van der Waals surface area (Å²) in [6.45, 7) is 6.03. The normalized spacial score (nSPS) is 21.0. The molecule has 0 aliphatic carbocycles. The Morgan fingerprint density at radius 3 is 2.81 bits per heavy atom. The van der Waals surface area contributed by atoms with Crippen molar-refractivity contribution in [3.05, 3.63) is 33.8 Å². The van der Waals surface area contributed by atoms with Crippen molar-refractivity contribution in [1.29, 1.82) is 0 Å². The van der Waals surface area contributed by atoms with Gasteiger partial charge in [-0.15, -0.1) is 0 Å². The van der Waals surface area contributed by atoms with Crippen LogP contribution in [0.2, 0.25) is 10.0 Å². The molecule has 1 aromatic rings. The molecule has 1 aromatic carbocycles. The molecule has 116 valence electrons. The lowest BCUT2D eigenvalue weighted by Crippen LogP contribution is -2.36. The summed E-state index contributed by atoms with van der Waals surface area (Å²) in [5.41, 5.74) is 0.991. The molecule has 2 unspecified atom stereocenters. The van der Waals surface area contributed by atoms with Gasteiger partial charge in [-0.2, -0.15) is 0 Å². The Bertz CT molecular complexity index is 504. The van der Waals surface area contributed by atoms with E-state index >= 15 is 0 Å². The fourth-order valence-corrected chi connectivity index (χ4v) is 3.39. The summed E-state index contributed by atoms with van der Waals surface area (Å²) in [7, 11) is 0. The molecule has 0 N–H and O–H groups in total. The van der Waals surface area contributed by atoms with Gasteiger partial charge in [0.05, 0.1) is 0 Å². The standard InChI is InChI=1S/C17H23Cl2NO/c1-12-4-3-8-20(9-7-12)17(21)13(2)10-14-5-6-15(18)11-16(14)19/h5-6,11-13H,3-4,7-10H2,1-2H3. The number of rotatable bonds is 3. The second-order valence-electron chi connectivity index (χ2n) is 6.20. The lowest BCUT2D eigenvalue weighted by Gasteiger charge is -2.24. The number of hydrogen-bond acceptors (Lipinski definition) is 1. The first-order valence-electron chi connectivity index (χ1n) is 7.70. The van der Waals surface area contributed by atoms with Crippen LogP contribution in [0.4, 0.5) is 0 Å². The smallest absolute Gasteiger partial charge is 0.225 e. The van der Waals surface area contributed by atoms with Crippen LogP contribution in [0.5, 0.6) is 0 Å². The summed E-state index contributed by atoms with van der Waals surface area (Å²) < 4.78 is 0. The Morgan fingerprint density at radius 1 is 1.33 bits per heavy atom. The van der Waals surface area contributed by atoms with E-state index in [1.165, 1.54) is 6.42 Å². The summed E-state index contributed by atoms with van der Waals surface area (Å²) in [6, 6.07) is 5.48. The van der Waals surface area contributed by atoms with Gasteiger partial charge in [-0.1, -0.05) is 43.1 Å². The second kappa shape index (κ2) is 7.51. The highest BCUT2D eigenvalue weighted by Gasteiger charge is 2.23. The van der Waals surface area contributed by atoms with E-state index in [0.29, 0.717) is 16.5 Å². The van der Waals surface area contributed by atoms with Crippen LogP contribution in [0.1, 0.15) is 38.7 Å². The summed E-state index contributed by atoms with van der Waals surface area (Å²) in [5.74, 6) is 0.927. The highest BCUT2D eigenvalue weighted by Crippen LogP contribution is 2.25. The van der Waals surface area contributed by atoms with E-state index in [4.69, 9.17) is 23.2 Å². The van der Waals surface area contributed by atoms with Gasteiger partial charge < -0.3 is 4.90 Å². The van der Waals surface area contributed by atoms with Crippen molar-refractivity contribution in [2.24, 2.45) is 11.8 Å². The van der Waals surface area contributed by atoms with Gasteiger partial charge in [-0.05, 0) is 49.3 Å². The molecule has 4 heteroatoms. The van der Waals surface area contributed by atoms with Gasteiger partial charge in [0.2, 0.25) is 5.91 Å². The zero-order chi connectivity index (χ0) is 15.4. The molecule has 1 fully saturated rings. The minimum absolute atomic E-state index is 0.0444. The number of carbonyl (C=O) groups excluding carboxylic acids is 1. The van der Waals surface area contributed by atoms with E-state index in [1.807, 2.05) is 24.0 Å². The molecule has 2 nitrogen and oxygen atoms in total. The quantitative estimate of drug-likeness (QED) is 0.779. The molecule has 0 saturated carbocycles. The Morgan fingerprint density at radius 2 is 2.10 bits per heavy atom. The predicted octanol–water partition coefficient (Wildman–Crippen LogP) is 4.82. The topological polar surface area (TPSA) is 20.3 Å². The second-order valence-corrected chi connectivity index (χ2v) is 7.05. The average molecular weight is 328 g/mol. The number of halogens is 2. The molecule has 21 heavy (non-hydrogen) atoms. The third-order valence-corrected chi connectivity index (χ3v) is 4.88. The number of benzene rings is 1. The fraction of sp³-hybridized carbons (Fsp3) is 0.588. The third-order valence-electron chi connectivity index (χ3n) is 4.29. The number of nitrogens with zero attached hydrogens (tertiary/aromatic N) is 1. The van der Waals surface area contributed by atoms with Crippen molar-refractivity contribution in [2.75, 3.05) is 13.1 Å². The molecular weight excluding hydrogens is 305 g/mol. The van der Waals surface area contributed by atoms with Crippen LogP contribution in [-0.2, 0) is 11.2 Å². The first kappa shape index (κ1) is 16.6. The minimum atomic E-state index is -0.0444. The maximum absolute atomic E-state index is 12.6. The van der Waals surface area contributed by atoms with E-state index in [9.17, 15) is 4.79 Å². The molecule has 2 atom stereocenters. The summed E-state index contributed by atoms with van der Waals surface area (Å²) in [5, 5.41) is 1.27. The van der Waals surface area contributed by atoms with E-state index in [1.54, 1.807) is 6.07 Å². The zero-order valence-electron chi connectivity index (χ0n) is 12.7. The molecular formula is C17H23Cl2NO. The van der Waals surface area contributed by atoms with Gasteiger partial charge in [0.1, 0.15) is 0 Å². The van der Waals surface area contributed by atoms with E-state index in [0.717, 1.165) is 37.4 Å². The Balaban J connectivity index is 1.98. The van der Waals surface area contributed by atoms with Crippen molar-refractivity contribution in [1.82, 2.24) is 4.90 Å². The van der Waals surface area contributed by atoms with Gasteiger partial charge in [0.15, 0.2) is 0 Å². The molecule has 1 aliphatic rings. The van der Waals surface area contributed by atoms with Gasteiger partial charge in [-0.25, -0.2) is 0 Å². The first-order chi connectivity index (χ1) is 9.97. The molecule has 1 aliphatic heterocycles. The van der Waals surface area contributed by atoms with Crippen molar-refractivity contribution in [2.45, 2.75) is 39.5 Å². The highest BCUT2D eigenvalue weighted by atomic mass is 35.5. The Labute approximate surface area is 137 Å². The maximum atomic E-state index is 12.6. The number of amides is 1. The van der Waals surface area contributed by atoms with Gasteiger partial charge in [0, 0.05) is 29.1 Å². The number of likely N-dealkylation sites (tertiary alicyclic amines) is 1. The van der Waals surface area contributed by atoms with Crippen LogP contribution < -0.4 is 0 Å². The molecule has 0 radical (unpaired) electrons. The fourth-order valence-electron chi connectivity index (χ4n) is 2.90. The molecule has 1 saturated heterocycles. The molecule has 0 bridgehead atoms. The lowest BCUT2D eigenvalue weighted by atomic mass is 9.99. The third kappa shape index (κ3) is 4.62. The maximum Gasteiger partial charge on any atom is 0.225 e. The molecule has 1 heterocycles. The van der Waals surface area contributed by atoms with Crippen LogP contribution in [0.25, 0.3) is 0 Å². The van der Waals surface area contributed by atoms with Gasteiger partial charge >= 0.3 is 0 Å². The number of hydrogen-bond donors (Lipinski definition) is 0. The van der Waals surface area contributed by atoms with Crippen molar-refractivity contribution >= 4 is 29.1 Å². The van der Waals surface area contributed by atoms with E-state index < -0.39 is 0 Å². The first-order valence-corrected chi connectivity index (χ1v) is 8.45. The minimum Gasteiger partial charge on any atom is -0.342 e. The van der Waals surface area contributed by atoms with Crippen LogP contribution in [0, 0.1) is 11.8 Å². The Kier molecular flexibility index (Phi) is 5.95. The molecule has 2 rings (SSSR count). The monoisotopic (exact) mass is 327 g/mol. The zero-order valence-corrected chi connectivity index (χ0v) is 14.3. The number of carbonyl (C=O) groups is 1. The van der Waals surface area contributed by atoms with E-state index in [2.05, 4.69) is 6.92 Å². The lowest BCUT2D eigenvalue weighted by molar-refractivity contribution is -0.134. The van der Waals surface area contributed by atoms with Crippen molar-refractivity contribution in [3.63, 3.8) is 0 Å². The van der Waals surface area contributed by atoms with Crippen LogP contribution in [0.3, 0.4) is 0 Å². The van der Waals surface area contributed by atoms with Crippen molar-refractivity contribution in [3.8, 4) is 0 Å². The molecule has 0 aromatic heterocycles. The van der Waals surface area contributed by atoms with E-state index in [-0.39, 0.29) is 11.8 Å². The van der Waals surface area contributed by atoms with Crippen LogP contribution in [0.15, 0.2) is 18.2 Å². The van der Waals surface area contributed by atoms with Gasteiger partial charge in [0.25, 0.3) is 0 Å². The highest BCUT2D eigenvalue weighted by molar-refractivity contribution is 6.35. The molecule has 0 spiro atoms. The largest absolute Gasteiger partial charge is 0.342 e. The SMILES string of the molecule is CC1CCCN(C(=O)C(C)Cc2ccc(Cl)cc2Cl)CC1. The summed E-state index contributed by atoms with van der Waals surface area (Å²) in [4.78, 5) is 14.6.